The predicted octanol–water partition coefficient (Wildman–Crippen LogP) is 6.13. The standard InChI is InChI=1S/C28H27F2N3O3.C21H21F2N3O3/c29-20-8-6-19(23(30)11-20)12-31-28(35)22-13-32-14-24-18-7-9-21(10-18)33(24)15-25(32)27(26(22)34)36-16-17-4-2-1-3-5-17;22-13-3-1-12(16(23)6-13)7-24-21(29)15-8-25-9-17-11-2-4-14(5-11)26(17)10-18(25)20(28)19(15)27/h1-6,8,11,13,18,21,24H,7,9-10,12,14-16H2,(H,31,35);1,3,6,8,11,14,17,28H,2,4-5,7,9-10H2,(H,24,29)/t18-,21+,24+;11-,14+,17+/m00/s1. The van der Waals surface area contributed by atoms with Crippen molar-refractivity contribution in [3.05, 3.63) is 162 Å². The molecule has 65 heavy (non-hydrogen) atoms. The molecule has 338 valence electrons. The summed E-state index contributed by atoms with van der Waals surface area (Å²) in [6, 6.07) is 17.7. The number of fused-ring (bicyclic) bond motifs is 12. The fraction of sp³-hybridized carbons (Fsp3) is 0.388. The topological polar surface area (TPSA) is 138 Å². The summed E-state index contributed by atoms with van der Waals surface area (Å²) in [5.41, 5.74) is 1.09. The van der Waals surface area contributed by atoms with Crippen molar-refractivity contribution in [1.29, 1.82) is 0 Å². The molecule has 2 amide bonds. The zero-order valence-electron chi connectivity index (χ0n) is 35.5. The van der Waals surface area contributed by atoms with Gasteiger partial charge in [-0.25, -0.2) is 17.6 Å². The van der Waals surface area contributed by atoms with Gasteiger partial charge in [0.2, 0.25) is 10.9 Å². The van der Waals surface area contributed by atoms with Crippen LogP contribution in [0.3, 0.4) is 0 Å². The molecule has 2 aromatic heterocycles. The van der Waals surface area contributed by atoms with Gasteiger partial charge in [-0.05, 0) is 68.1 Å². The molecular formula is C49H48F4N6O6. The van der Waals surface area contributed by atoms with Crippen LogP contribution in [0.5, 0.6) is 11.5 Å². The lowest BCUT2D eigenvalue weighted by Gasteiger charge is -2.41. The fourth-order valence-corrected chi connectivity index (χ4v) is 11.2. The van der Waals surface area contributed by atoms with Crippen molar-refractivity contribution in [2.75, 3.05) is 0 Å². The molecule has 6 heterocycles. The van der Waals surface area contributed by atoms with E-state index in [0.717, 1.165) is 48.4 Å². The van der Waals surface area contributed by atoms with E-state index in [1.54, 1.807) is 6.20 Å². The second-order valence-electron chi connectivity index (χ2n) is 18.2. The van der Waals surface area contributed by atoms with E-state index >= 15 is 0 Å². The summed E-state index contributed by atoms with van der Waals surface area (Å²) in [5.74, 6) is -3.17. The SMILES string of the molecule is O=C(NCc1ccc(F)cc1F)c1cn2c(c(O)c1=O)CN1[C@@H]3CC[C@@H](C3)[C@H]1C2.O=C(NCc1ccc(F)cc1F)c1cn2c(c(OCc3ccccc3)c1=O)CN1[C@@H]3CC[C@@H](C3)[C@H]1C2. The largest absolute Gasteiger partial charge is 0.503 e. The minimum Gasteiger partial charge on any atom is -0.503 e. The molecule has 6 aliphatic rings. The molecule has 11 rings (SSSR count). The van der Waals surface area contributed by atoms with Gasteiger partial charge < -0.3 is 29.6 Å². The molecule has 5 aromatic rings. The predicted molar refractivity (Wildman–Crippen MR) is 230 cm³/mol. The van der Waals surface area contributed by atoms with E-state index in [2.05, 4.69) is 20.4 Å². The molecule has 12 nitrogen and oxygen atoms in total. The first-order valence-electron chi connectivity index (χ1n) is 22.2. The van der Waals surface area contributed by atoms with Crippen LogP contribution in [-0.4, -0.2) is 60.0 Å². The van der Waals surface area contributed by atoms with E-state index in [9.17, 15) is 41.8 Å². The molecule has 3 N–H and O–H groups in total. The van der Waals surface area contributed by atoms with Crippen LogP contribution in [0.1, 0.15) is 87.3 Å². The van der Waals surface area contributed by atoms with Crippen molar-refractivity contribution in [2.24, 2.45) is 11.8 Å². The molecule has 4 fully saturated rings. The number of nitrogens with one attached hydrogen (secondary N) is 2. The molecule has 2 saturated heterocycles. The third kappa shape index (κ3) is 8.11. The Hall–Kier alpha value is -6.26. The van der Waals surface area contributed by atoms with Gasteiger partial charge in [0.05, 0.1) is 11.4 Å². The quantitative estimate of drug-likeness (QED) is 0.151. The van der Waals surface area contributed by atoms with Gasteiger partial charge >= 0.3 is 0 Å². The first kappa shape index (κ1) is 42.7. The highest BCUT2D eigenvalue weighted by atomic mass is 19.1. The van der Waals surface area contributed by atoms with E-state index in [1.165, 1.54) is 44.0 Å². The molecule has 16 heteroatoms. The van der Waals surface area contributed by atoms with Crippen molar-refractivity contribution in [1.82, 2.24) is 29.6 Å². The number of amides is 2. The third-order valence-corrected chi connectivity index (χ3v) is 14.5. The maximum Gasteiger partial charge on any atom is 0.257 e. The maximum absolute atomic E-state index is 14.0. The van der Waals surface area contributed by atoms with Gasteiger partial charge in [0.25, 0.3) is 11.8 Å². The van der Waals surface area contributed by atoms with Crippen molar-refractivity contribution < 1.29 is 37.0 Å². The van der Waals surface area contributed by atoms with Crippen molar-refractivity contribution in [3.8, 4) is 11.5 Å². The molecular weight excluding hydrogens is 845 g/mol. The molecule has 4 bridgehead atoms. The zero-order valence-corrected chi connectivity index (χ0v) is 35.5. The molecule has 2 aliphatic carbocycles. The summed E-state index contributed by atoms with van der Waals surface area (Å²) in [5, 5.41) is 15.6. The van der Waals surface area contributed by atoms with E-state index < -0.39 is 51.7 Å². The number of aromatic hydroxyl groups is 1. The number of pyridine rings is 2. The van der Waals surface area contributed by atoms with Crippen LogP contribution in [0, 0.1) is 35.1 Å². The Morgan fingerprint density at radius 3 is 1.71 bits per heavy atom. The Kier molecular flexibility index (Phi) is 11.3. The average molecular weight is 893 g/mol. The molecule has 4 aliphatic heterocycles. The lowest BCUT2D eigenvalue weighted by molar-refractivity contribution is 0.0867. The molecule has 0 radical (unpaired) electrons. The monoisotopic (exact) mass is 892 g/mol. The van der Waals surface area contributed by atoms with Gasteiger partial charge in [0.15, 0.2) is 11.5 Å². The molecule has 3 aromatic carbocycles. The van der Waals surface area contributed by atoms with E-state index in [0.29, 0.717) is 67.9 Å². The summed E-state index contributed by atoms with van der Waals surface area (Å²) in [6.07, 6.45) is 10.2. The Morgan fingerprint density at radius 2 is 1.17 bits per heavy atom. The smallest absolute Gasteiger partial charge is 0.257 e. The summed E-state index contributed by atoms with van der Waals surface area (Å²) < 4.78 is 64.0. The van der Waals surface area contributed by atoms with Crippen molar-refractivity contribution in [3.63, 3.8) is 0 Å². The van der Waals surface area contributed by atoms with E-state index in [1.807, 2.05) is 39.5 Å². The number of carbonyl (C=O) groups excluding carboxylic acids is 2. The minimum absolute atomic E-state index is 0.0408. The highest BCUT2D eigenvalue weighted by Crippen LogP contribution is 2.47. The highest BCUT2D eigenvalue weighted by molar-refractivity contribution is 5.94. The van der Waals surface area contributed by atoms with Gasteiger partial charge in [0, 0.05) is 99.1 Å². The number of piperidine rings is 2. The molecule has 0 spiro atoms. The van der Waals surface area contributed by atoms with Crippen LogP contribution in [0.25, 0.3) is 0 Å². The van der Waals surface area contributed by atoms with E-state index in [-0.39, 0.29) is 47.7 Å². The number of benzene rings is 3. The second-order valence-corrected chi connectivity index (χ2v) is 18.2. The first-order valence-corrected chi connectivity index (χ1v) is 22.2. The average Bonchev–Trinajstić information content (AvgIpc) is 4.12. The summed E-state index contributed by atoms with van der Waals surface area (Å²) >= 11 is 0. The van der Waals surface area contributed by atoms with Crippen LogP contribution in [0.2, 0.25) is 0 Å². The van der Waals surface area contributed by atoms with Crippen molar-refractivity contribution in [2.45, 2.75) is 109 Å². The van der Waals surface area contributed by atoms with E-state index in [4.69, 9.17) is 4.74 Å². The van der Waals surface area contributed by atoms with Crippen LogP contribution in [0.15, 0.2) is 88.7 Å². The van der Waals surface area contributed by atoms with Crippen LogP contribution < -0.4 is 26.2 Å². The number of hydrogen-bond donors (Lipinski definition) is 3. The Bertz CT molecular complexity index is 2820. The Balaban J connectivity index is 0.000000157. The summed E-state index contributed by atoms with van der Waals surface area (Å²) in [6.45, 7) is 2.33. The number of rotatable bonds is 9. The number of nitrogens with zero attached hydrogens (tertiary/aromatic N) is 4. The number of carbonyl (C=O) groups is 2. The number of hydrogen-bond acceptors (Lipinski definition) is 8. The number of halogens is 4. The van der Waals surface area contributed by atoms with Gasteiger partial charge in [0.1, 0.15) is 41.0 Å². The van der Waals surface area contributed by atoms with Crippen molar-refractivity contribution >= 4 is 11.8 Å². The van der Waals surface area contributed by atoms with Gasteiger partial charge in [-0.15, -0.1) is 0 Å². The van der Waals surface area contributed by atoms with Gasteiger partial charge in [-0.1, -0.05) is 42.5 Å². The number of aromatic nitrogens is 2. The lowest BCUT2D eigenvalue weighted by atomic mass is 9.96. The van der Waals surface area contributed by atoms with Gasteiger partial charge in [-0.2, -0.15) is 0 Å². The fourth-order valence-electron chi connectivity index (χ4n) is 11.2. The third-order valence-electron chi connectivity index (χ3n) is 14.5. The summed E-state index contributed by atoms with van der Waals surface area (Å²) in [7, 11) is 0. The van der Waals surface area contributed by atoms with Crippen LogP contribution in [0.4, 0.5) is 17.6 Å². The molecule has 0 unspecified atom stereocenters. The second kappa shape index (κ2) is 17.3. The first-order chi connectivity index (χ1) is 31.4. The molecule has 6 atom stereocenters. The minimum atomic E-state index is -0.772. The Morgan fingerprint density at radius 1 is 0.662 bits per heavy atom. The zero-order chi connectivity index (χ0) is 45.1. The van der Waals surface area contributed by atoms with Gasteiger partial charge in [-0.3, -0.25) is 29.0 Å². The Labute approximate surface area is 371 Å². The van der Waals surface area contributed by atoms with Crippen LogP contribution >= 0.6 is 0 Å². The lowest BCUT2D eigenvalue weighted by Crippen LogP contribution is -2.48. The normalized spacial score (nSPS) is 23.4. The summed E-state index contributed by atoms with van der Waals surface area (Å²) in [4.78, 5) is 56.7. The molecule has 2 saturated carbocycles. The number of ether oxygens (including phenoxy) is 1. The van der Waals surface area contributed by atoms with Crippen LogP contribution in [-0.2, 0) is 45.9 Å². The highest BCUT2D eigenvalue weighted by Gasteiger charge is 2.49. The maximum atomic E-state index is 14.0.